The highest BCUT2D eigenvalue weighted by Crippen LogP contribution is 2.05. The molecular weight excluding hydrogens is 278 g/mol. The minimum Gasteiger partial charge on any atom is -0.314 e. The van der Waals surface area contributed by atoms with E-state index in [9.17, 15) is 13.2 Å². The van der Waals surface area contributed by atoms with Gasteiger partial charge in [-0.3, -0.25) is 4.79 Å². The Labute approximate surface area is 117 Å². The lowest BCUT2D eigenvalue weighted by Gasteiger charge is -2.07. The molecule has 0 spiro atoms. The Hall–Kier alpha value is -1.73. The summed E-state index contributed by atoms with van der Waals surface area (Å²) in [5.41, 5.74) is -0.131. The molecule has 0 saturated heterocycles. The summed E-state index contributed by atoms with van der Waals surface area (Å²) in [4.78, 5) is 12.1. The number of hydrogen-bond donors (Lipinski definition) is 1. The molecule has 1 aromatic heterocycles. The van der Waals surface area contributed by atoms with Crippen LogP contribution in [0.2, 0.25) is 0 Å². The predicted molar refractivity (Wildman–Crippen MR) is 78.6 cm³/mol. The van der Waals surface area contributed by atoms with Crippen molar-refractivity contribution in [1.82, 2.24) is 15.1 Å². The van der Waals surface area contributed by atoms with E-state index in [0.29, 0.717) is 25.0 Å². The standard InChI is InChI=1S/C13H17N3O3S/c1-20(18,19)9-7-14-6-8-16-13(17)12-5-3-2-4-11(12)10-15-16/h2-5,10,14H,6-9H2,1H3. The molecule has 1 heterocycles. The Balaban J connectivity index is 1.97. The maximum atomic E-state index is 12.1. The van der Waals surface area contributed by atoms with Crippen molar-refractivity contribution in [3.63, 3.8) is 0 Å². The van der Waals surface area contributed by atoms with E-state index in [1.165, 1.54) is 10.9 Å². The van der Waals surface area contributed by atoms with E-state index in [-0.39, 0.29) is 11.3 Å². The highest BCUT2D eigenvalue weighted by atomic mass is 32.2. The molecule has 7 heteroatoms. The van der Waals surface area contributed by atoms with E-state index < -0.39 is 9.84 Å². The average molecular weight is 295 g/mol. The maximum absolute atomic E-state index is 12.1. The summed E-state index contributed by atoms with van der Waals surface area (Å²) in [7, 11) is -2.95. The van der Waals surface area contributed by atoms with Gasteiger partial charge in [-0.2, -0.15) is 5.10 Å². The second kappa shape index (κ2) is 6.15. The van der Waals surface area contributed by atoms with Gasteiger partial charge in [0, 0.05) is 24.7 Å². The molecule has 1 aromatic carbocycles. The number of fused-ring (bicyclic) bond motifs is 1. The average Bonchev–Trinajstić information content (AvgIpc) is 2.40. The first kappa shape index (κ1) is 14.7. The van der Waals surface area contributed by atoms with Gasteiger partial charge in [0.15, 0.2) is 0 Å². The molecular formula is C13H17N3O3S. The lowest BCUT2D eigenvalue weighted by molar-refractivity contribution is 0.542. The van der Waals surface area contributed by atoms with Crippen molar-refractivity contribution in [1.29, 1.82) is 0 Å². The summed E-state index contributed by atoms with van der Waals surface area (Å²) < 4.78 is 23.3. The zero-order valence-corrected chi connectivity index (χ0v) is 12.1. The van der Waals surface area contributed by atoms with Crippen molar-refractivity contribution in [2.24, 2.45) is 0 Å². The molecule has 2 aromatic rings. The largest absolute Gasteiger partial charge is 0.314 e. The molecule has 108 valence electrons. The molecule has 0 radical (unpaired) electrons. The Kier molecular flexibility index (Phi) is 4.51. The topological polar surface area (TPSA) is 81.1 Å². The lowest BCUT2D eigenvalue weighted by atomic mass is 10.2. The Morgan fingerprint density at radius 2 is 2.00 bits per heavy atom. The quantitative estimate of drug-likeness (QED) is 0.761. The van der Waals surface area contributed by atoms with Gasteiger partial charge < -0.3 is 5.32 Å². The fourth-order valence-corrected chi connectivity index (χ4v) is 2.37. The lowest BCUT2D eigenvalue weighted by Crippen LogP contribution is -2.31. The third-order valence-corrected chi connectivity index (χ3v) is 3.86. The van der Waals surface area contributed by atoms with Gasteiger partial charge in [0.25, 0.3) is 5.56 Å². The first-order chi connectivity index (χ1) is 9.47. The predicted octanol–water partition coefficient (Wildman–Crippen LogP) is 0.0307. The number of sulfone groups is 1. The van der Waals surface area contributed by atoms with Gasteiger partial charge in [-0.25, -0.2) is 13.1 Å². The van der Waals surface area contributed by atoms with Crippen LogP contribution in [-0.2, 0) is 16.4 Å². The van der Waals surface area contributed by atoms with Crippen LogP contribution in [0.4, 0.5) is 0 Å². The number of hydrogen-bond acceptors (Lipinski definition) is 5. The van der Waals surface area contributed by atoms with Crippen molar-refractivity contribution in [2.75, 3.05) is 25.1 Å². The van der Waals surface area contributed by atoms with Gasteiger partial charge in [0.1, 0.15) is 9.84 Å². The Bertz CT molecular complexity index is 753. The molecule has 6 nitrogen and oxygen atoms in total. The monoisotopic (exact) mass is 295 g/mol. The fraction of sp³-hybridized carbons (Fsp3) is 0.385. The Morgan fingerprint density at radius 3 is 2.75 bits per heavy atom. The molecule has 0 fully saturated rings. The van der Waals surface area contributed by atoms with Crippen molar-refractivity contribution >= 4 is 20.6 Å². The van der Waals surface area contributed by atoms with Crippen molar-refractivity contribution in [3.8, 4) is 0 Å². The summed E-state index contributed by atoms with van der Waals surface area (Å²) >= 11 is 0. The van der Waals surface area contributed by atoms with Crippen molar-refractivity contribution in [3.05, 3.63) is 40.8 Å². The van der Waals surface area contributed by atoms with E-state index in [2.05, 4.69) is 10.4 Å². The van der Waals surface area contributed by atoms with Gasteiger partial charge in [0.05, 0.1) is 23.9 Å². The third kappa shape index (κ3) is 3.88. The van der Waals surface area contributed by atoms with Gasteiger partial charge in [0.2, 0.25) is 0 Å². The fourth-order valence-electron chi connectivity index (χ4n) is 1.85. The SMILES string of the molecule is CS(=O)(=O)CCNCCn1ncc2ccccc2c1=O. The molecule has 0 atom stereocenters. The molecule has 20 heavy (non-hydrogen) atoms. The molecule has 0 aliphatic heterocycles. The van der Waals surface area contributed by atoms with Crippen LogP contribution in [0.3, 0.4) is 0 Å². The summed E-state index contributed by atoms with van der Waals surface area (Å²) in [6.45, 7) is 1.29. The van der Waals surface area contributed by atoms with Crippen LogP contribution >= 0.6 is 0 Å². The van der Waals surface area contributed by atoms with Crippen LogP contribution in [-0.4, -0.2) is 43.3 Å². The van der Waals surface area contributed by atoms with Gasteiger partial charge in [-0.1, -0.05) is 18.2 Å². The van der Waals surface area contributed by atoms with Crippen LogP contribution in [0.15, 0.2) is 35.3 Å². The van der Waals surface area contributed by atoms with Crippen LogP contribution in [0.25, 0.3) is 10.8 Å². The third-order valence-electron chi connectivity index (χ3n) is 2.91. The maximum Gasteiger partial charge on any atom is 0.274 e. The van der Waals surface area contributed by atoms with Crippen LogP contribution in [0.5, 0.6) is 0 Å². The smallest absolute Gasteiger partial charge is 0.274 e. The molecule has 1 N–H and O–H groups in total. The van der Waals surface area contributed by atoms with Crippen LogP contribution in [0.1, 0.15) is 0 Å². The minimum atomic E-state index is -2.95. The van der Waals surface area contributed by atoms with E-state index in [4.69, 9.17) is 0 Å². The zero-order chi connectivity index (χ0) is 14.6. The molecule has 2 rings (SSSR count). The molecule has 0 amide bonds. The first-order valence-electron chi connectivity index (χ1n) is 6.31. The number of rotatable bonds is 6. The molecule has 0 saturated carbocycles. The number of benzene rings is 1. The van der Waals surface area contributed by atoms with Gasteiger partial charge in [-0.15, -0.1) is 0 Å². The van der Waals surface area contributed by atoms with Crippen molar-refractivity contribution in [2.45, 2.75) is 6.54 Å². The second-order valence-electron chi connectivity index (χ2n) is 4.64. The summed E-state index contributed by atoms with van der Waals surface area (Å²) in [5.74, 6) is 0.0903. The zero-order valence-electron chi connectivity index (χ0n) is 11.2. The molecule has 0 aliphatic carbocycles. The minimum absolute atomic E-state index is 0.0903. The number of nitrogens with one attached hydrogen (secondary N) is 1. The van der Waals surface area contributed by atoms with Gasteiger partial charge in [-0.05, 0) is 6.07 Å². The summed E-state index contributed by atoms with van der Waals surface area (Å²) in [6.07, 6.45) is 2.86. The molecule has 0 aliphatic rings. The number of aromatic nitrogens is 2. The number of nitrogens with zero attached hydrogens (tertiary/aromatic N) is 2. The summed E-state index contributed by atoms with van der Waals surface area (Å²) in [5, 5.41) is 8.54. The van der Waals surface area contributed by atoms with E-state index in [1.807, 2.05) is 18.2 Å². The molecule has 0 unspecified atom stereocenters. The van der Waals surface area contributed by atoms with Crippen LogP contribution in [0, 0.1) is 0 Å². The Morgan fingerprint density at radius 1 is 1.25 bits per heavy atom. The van der Waals surface area contributed by atoms with E-state index in [0.717, 1.165) is 5.39 Å². The van der Waals surface area contributed by atoms with Crippen LogP contribution < -0.4 is 10.9 Å². The van der Waals surface area contributed by atoms with Gasteiger partial charge >= 0.3 is 0 Å². The second-order valence-corrected chi connectivity index (χ2v) is 6.90. The van der Waals surface area contributed by atoms with Crippen molar-refractivity contribution < 1.29 is 8.42 Å². The van der Waals surface area contributed by atoms with E-state index in [1.54, 1.807) is 12.3 Å². The highest BCUT2D eigenvalue weighted by molar-refractivity contribution is 7.90. The summed E-state index contributed by atoms with van der Waals surface area (Å²) in [6, 6.07) is 7.30. The first-order valence-corrected chi connectivity index (χ1v) is 8.37. The van der Waals surface area contributed by atoms with E-state index >= 15 is 0 Å². The molecule has 0 bridgehead atoms. The highest BCUT2D eigenvalue weighted by Gasteiger charge is 2.04. The normalized spacial score (nSPS) is 11.8.